The van der Waals surface area contributed by atoms with Gasteiger partial charge in [0, 0.05) is 6.08 Å². The highest BCUT2D eigenvalue weighted by Crippen LogP contribution is 1.90. The van der Waals surface area contributed by atoms with E-state index in [1.807, 2.05) is 0 Å². The second-order valence-corrected chi connectivity index (χ2v) is 1.46. The minimum absolute atomic E-state index is 0.234. The molecule has 0 unspecified atom stereocenters. The summed E-state index contributed by atoms with van der Waals surface area (Å²) in [7, 11) is 0. The number of carboxylic acids is 1. The van der Waals surface area contributed by atoms with Gasteiger partial charge in [-0.3, -0.25) is 0 Å². The monoisotopic (exact) mass is 118 g/mol. The molecule has 0 atom stereocenters. The fourth-order valence-corrected chi connectivity index (χ4v) is 0.249. The van der Waals surface area contributed by atoms with Crippen molar-refractivity contribution in [2.45, 2.75) is 6.92 Å². The van der Waals surface area contributed by atoms with Crippen molar-refractivity contribution < 1.29 is 14.3 Å². The molecule has 0 aliphatic heterocycles. The minimum Gasteiger partial charge on any atom is -0.478 e. The Morgan fingerprint density at radius 1 is 1.88 bits per heavy atom. The Balaban J connectivity index is 3.75. The van der Waals surface area contributed by atoms with Crippen molar-refractivity contribution in [3.05, 3.63) is 11.6 Å². The molecule has 0 aliphatic carbocycles. The van der Waals surface area contributed by atoms with Crippen LogP contribution in [-0.4, -0.2) is 17.8 Å². The Labute approximate surface area is 46.6 Å². The van der Waals surface area contributed by atoms with Gasteiger partial charge in [-0.1, -0.05) is 0 Å². The first kappa shape index (κ1) is 7.14. The molecular formula is C5H7FO2. The van der Waals surface area contributed by atoms with Gasteiger partial charge in [-0.15, -0.1) is 0 Å². The Morgan fingerprint density at radius 3 is 2.50 bits per heavy atom. The van der Waals surface area contributed by atoms with Crippen LogP contribution in [0.4, 0.5) is 4.39 Å². The molecule has 3 heteroatoms. The molecule has 0 aromatic heterocycles. The molecule has 0 spiro atoms. The molecule has 0 fully saturated rings. The third kappa shape index (κ3) is 3.33. The summed E-state index contributed by atoms with van der Waals surface area (Å²) < 4.78 is 11.4. The van der Waals surface area contributed by atoms with Crippen LogP contribution < -0.4 is 0 Å². The average Bonchev–Trinajstić information content (AvgIpc) is 1.65. The summed E-state index contributed by atoms with van der Waals surface area (Å²) >= 11 is 0. The number of rotatable bonds is 2. The molecule has 0 aliphatic rings. The summed E-state index contributed by atoms with van der Waals surface area (Å²) in [4.78, 5) is 9.73. The van der Waals surface area contributed by atoms with E-state index in [4.69, 9.17) is 5.11 Å². The Kier molecular flexibility index (Phi) is 2.84. The smallest absolute Gasteiger partial charge is 0.328 e. The molecule has 0 amide bonds. The molecule has 0 radical (unpaired) electrons. The van der Waals surface area contributed by atoms with Crippen molar-refractivity contribution in [2.75, 3.05) is 6.67 Å². The van der Waals surface area contributed by atoms with Crippen molar-refractivity contribution in [1.82, 2.24) is 0 Å². The Bertz CT molecular complexity index is 118. The van der Waals surface area contributed by atoms with Crippen LogP contribution in [0.3, 0.4) is 0 Å². The summed E-state index contributed by atoms with van der Waals surface area (Å²) in [5.41, 5.74) is 0.234. The van der Waals surface area contributed by atoms with Crippen LogP contribution in [0.5, 0.6) is 0 Å². The van der Waals surface area contributed by atoms with Gasteiger partial charge >= 0.3 is 5.97 Å². The zero-order chi connectivity index (χ0) is 6.57. The van der Waals surface area contributed by atoms with Crippen LogP contribution in [0.15, 0.2) is 11.6 Å². The fraction of sp³-hybridized carbons (Fsp3) is 0.400. The van der Waals surface area contributed by atoms with E-state index in [-0.39, 0.29) is 5.57 Å². The van der Waals surface area contributed by atoms with Gasteiger partial charge in [0.15, 0.2) is 0 Å². The molecule has 8 heavy (non-hydrogen) atoms. The van der Waals surface area contributed by atoms with E-state index >= 15 is 0 Å². The highest BCUT2D eigenvalue weighted by Gasteiger charge is 1.90. The molecule has 0 aromatic carbocycles. The van der Waals surface area contributed by atoms with Gasteiger partial charge in [-0.25, -0.2) is 9.18 Å². The fourth-order valence-electron chi connectivity index (χ4n) is 0.249. The normalized spacial score (nSPS) is 11.5. The van der Waals surface area contributed by atoms with Crippen LogP contribution in [-0.2, 0) is 4.79 Å². The maximum atomic E-state index is 11.4. The van der Waals surface area contributed by atoms with Gasteiger partial charge in [0.25, 0.3) is 0 Å². The number of allylic oxidation sites excluding steroid dienone is 1. The lowest BCUT2D eigenvalue weighted by molar-refractivity contribution is -0.131. The minimum atomic E-state index is -1.10. The molecule has 0 aromatic rings. The van der Waals surface area contributed by atoms with Gasteiger partial charge in [0.1, 0.15) is 6.67 Å². The number of alkyl halides is 1. The predicted octanol–water partition coefficient (Wildman–Crippen LogP) is 0.987. The van der Waals surface area contributed by atoms with Crippen molar-refractivity contribution >= 4 is 5.97 Å². The van der Waals surface area contributed by atoms with E-state index < -0.39 is 12.6 Å². The van der Waals surface area contributed by atoms with Crippen LogP contribution in [0.25, 0.3) is 0 Å². The van der Waals surface area contributed by atoms with Gasteiger partial charge in [0.2, 0.25) is 0 Å². The average molecular weight is 118 g/mol. The second kappa shape index (κ2) is 3.18. The first-order chi connectivity index (χ1) is 3.66. The van der Waals surface area contributed by atoms with E-state index in [9.17, 15) is 9.18 Å². The largest absolute Gasteiger partial charge is 0.478 e. The van der Waals surface area contributed by atoms with Gasteiger partial charge < -0.3 is 5.11 Å². The molecule has 2 nitrogen and oxygen atoms in total. The lowest BCUT2D eigenvalue weighted by Crippen LogP contribution is -1.90. The van der Waals surface area contributed by atoms with Crippen LogP contribution in [0.2, 0.25) is 0 Å². The quantitative estimate of drug-likeness (QED) is 0.549. The van der Waals surface area contributed by atoms with Gasteiger partial charge in [0.05, 0.1) is 0 Å². The molecule has 0 heterocycles. The molecular weight excluding hydrogens is 111 g/mol. The number of halogens is 1. The van der Waals surface area contributed by atoms with Crippen LogP contribution >= 0.6 is 0 Å². The zero-order valence-electron chi connectivity index (χ0n) is 4.52. The number of carboxylic acid groups (broad SMARTS) is 1. The van der Waals surface area contributed by atoms with E-state index in [0.29, 0.717) is 0 Å². The summed E-state index contributed by atoms with van der Waals surface area (Å²) in [5, 5.41) is 7.97. The highest BCUT2D eigenvalue weighted by atomic mass is 19.1. The molecule has 0 bridgehead atoms. The van der Waals surface area contributed by atoms with Crippen molar-refractivity contribution in [2.24, 2.45) is 0 Å². The maximum absolute atomic E-state index is 11.4. The number of hydrogen-bond donors (Lipinski definition) is 1. The summed E-state index contributed by atoms with van der Waals surface area (Å²) in [6.07, 6.45) is 0.847. The number of hydrogen-bond acceptors (Lipinski definition) is 1. The van der Waals surface area contributed by atoms with E-state index in [1.165, 1.54) is 6.92 Å². The molecule has 0 rings (SSSR count). The first-order valence-electron chi connectivity index (χ1n) is 2.13. The van der Waals surface area contributed by atoms with Gasteiger partial charge in [-0.2, -0.15) is 0 Å². The second-order valence-electron chi connectivity index (χ2n) is 1.46. The number of aliphatic carboxylic acids is 1. The van der Waals surface area contributed by atoms with E-state index in [1.54, 1.807) is 0 Å². The van der Waals surface area contributed by atoms with E-state index in [2.05, 4.69) is 0 Å². The van der Waals surface area contributed by atoms with Crippen molar-refractivity contribution in [1.29, 1.82) is 0 Å². The maximum Gasteiger partial charge on any atom is 0.328 e. The van der Waals surface area contributed by atoms with Crippen molar-refractivity contribution in [3.63, 3.8) is 0 Å². The third-order valence-corrected chi connectivity index (χ3v) is 0.581. The lowest BCUT2D eigenvalue weighted by Gasteiger charge is -1.85. The predicted molar refractivity (Wildman–Crippen MR) is 27.4 cm³/mol. The summed E-state index contributed by atoms with van der Waals surface area (Å²) in [5.74, 6) is -1.10. The summed E-state index contributed by atoms with van der Waals surface area (Å²) in [6, 6.07) is 0. The topological polar surface area (TPSA) is 37.3 Å². The standard InChI is InChI=1S/C5H7FO2/c1-4(3-6)2-5(7)8/h2H,3H2,1H3,(H,7,8)/b4-2+. The molecule has 0 saturated heterocycles. The zero-order valence-corrected chi connectivity index (χ0v) is 4.52. The SMILES string of the molecule is C/C(=C\C(=O)O)CF. The highest BCUT2D eigenvalue weighted by molar-refractivity contribution is 5.80. The first-order valence-corrected chi connectivity index (χ1v) is 2.13. The van der Waals surface area contributed by atoms with E-state index in [0.717, 1.165) is 6.08 Å². The summed E-state index contributed by atoms with van der Waals surface area (Å²) in [6.45, 7) is 0.737. The van der Waals surface area contributed by atoms with Gasteiger partial charge in [-0.05, 0) is 12.5 Å². The lowest BCUT2D eigenvalue weighted by atomic mass is 10.3. The van der Waals surface area contributed by atoms with Crippen molar-refractivity contribution in [3.8, 4) is 0 Å². The Hall–Kier alpha value is -0.860. The van der Waals surface area contributed by atoms with Crippen LogP contribution in [0.1, 0.15) is 6.92 Å². The van der Waals surface area contributed by atoms with Crippen LogP contribution in [0, 0.1) is 0 Å². The number of carbonyl (C=O) groups is 1. The third-order valence-electron chi connectivity index (χ3n) is 0.581. The molecule has 1 N–H and O–H groups in total. The molecule has 46 valence electrons. The Morgan fingerprint density at radius 2 is 2.38 bits per heavy atom. The molecule has 0 saturated carbocycles.